The molecule has 2 heterocycles. The molecule has 0 radical (unpaired) electrons. The standard InChI is InChI=1S/C28H30N2O4S/c1-18-7-9-19(10-8-18)27-21-14-16-35-24(21)13-15-29(27)25(31)17-30(20-11-12-20)28(32)26-22(33-2)5-4-6-23(26)34-3/h4-10,14,16,20,27H,11-13,15,17H2,1-3H3. The summed E-state index contributed by atoms with van der Waals surface area (Å²) in [6, 6.07) is 15.7. The highest BCUT2D eigenvalue weighted by molar-refractivity contribution is 7.10. The number of ether oxygens (including phenoxy) is 2. The van der Waals surface area contributed by atoms with Crippen LogP contribution in [0.2, 0.25) is 0 Å². The van der Waals surface area contributed by atoms with Gasteiger partial charge in [0.2, 0.25) is 5.91 Å². The Hall–Kier alpha value is -3.32. The number of rotatable bonds is 7. The molecular weight excluding hydrogens is 460 g/mol. The maximum atomic E-state index is 13.8. The topological polar surface area (TPSA) is 59.1 Å². The summed E-state index contributed by atoms with van der Waals surface area (Å²) in [4.78, 5) is 32.6. The summed E-state index contributed by atoms with van der Waals surface area (Å²) in [5.74, 6) is 0.633. The van der Waals surface area contributed by atoms with E-state index in [1.165, 1.54) is 30.2 Å². The lowest BCUT2D eigenvalue weighted by molar-refractivity contribution is -0.134. The molecule has 6 nitrogen and oxygen atoms in total. The third kappa shape index (κ3) is 4.52. The summed E-state index contributed by atoms with van der Waals surface area (Å²) in [7, 11) is 3.08. The smallest absolute Gasteiger partial charge is 0.262 e. The van der Waals surface area contributed by atoms with Crippen LogP contribution in [0.25, 0.3) is 0 Å². The summed E-state index contributed by atoms with van der Waals surface area (Å²) in [6.07, 6.45) is 2.62. The van der Waals surface area contributed by atoms with Gasteiger partial charge in [-0.05, 0) is 60.9 Å². The molecule has 5 rings (SSSR count). The van der Waals surface area contributed by atoms with E-state index >= 15 is 0 Å². The van der Waals surface area contributed by atoms with Gasteiger partial charge in [0, 0.05) is 17.5 Å². The van der Waals surface area contributed by atoms with E-state index in [-0.39, 0.29) is 30.4 Å². The van der Waals surface area contributed by atoms with Crippen molar-refractivity contribution in [2.75, 3.05) is 27.3 Å². The predicted octanol–water partition coefficient (Wildman–Crippen LogP) is 4.85. The van der Waals surface area contributed by atoms with Crippen molar-refractivity contribution in [1.82, 2.24) is 9.80 Å². The van der Waals surface area contributed by atoms with Crippen molar-refractivity contribution in [2.24, 2.45) is 0 Å². The first-order valence-electron chi connectivity index (χ1n) is 12.0. The fourth-order valence-electron chi connectivity index (χ4n) is 4.89. The Kier molecular flexibility index (Phi) is 6.52. The Morgan fingerprint density at radius 3 is 2.34 bits per heavy atom. The number of hydrogen-bond acceptors (Lipinski definition) is 5. The summed E-state index contributed by atoms with van der Waals surface area (Å²) < 4.78 is 10.9. The van der Waals surface area contributed by atoms with Gasteiger partial charge in [0.25, 0.3) is 5.91 Å². The predicted molar refractivity (Wildman–Crippen MR) is 136 cm³/mol. The minimum atomic E-state index is -0.227. The number of hydrogen-bond donors (Lipinski definition) is 0. The number of carbonyl (C=O) groups excluding carboxylic acids is 2. The van der Waals surface area contributed by atoms with Crippen molar-refractivity contribution in [1.29, 1.82) is 0 Å². The Morgan fingerprint density at radius 1 is 1.03 bits per heavy atom. The summed E-state index contributed by atoms with van der Waals surface area (Å²) >= 11 is 1.75. The second kappa shape index (κ2) is 9.74. The highest BCUT2D eigenvalue weighted by Crippen LogP contribution is 2.39. The van der Waals surface area contributed by atoms with Crippen LogP contribution in [-0.2, 0) is 11.2 Å². The first kappa shape index (κ1) is 23.4. The van der Waals surface area contributed by atoms with Gasteiger partial charge in [0.05, 0.1) is 20.3 Å². The largest absolute Gasteiger partial charge is 0.496 e. The number of methoxy groups -OCH3 is 2. The van der Waals surface area contributed by atoms with Crippen LogP contribution in [0.3, 0.4) is 0 Å². The lowest BCUT2D eigenvalue weighted by Crippen LogP contribution is -2.47. The zero-order chi connectivity index (χ0) is 24.5. The van der Waals surface area contributed by atoms with Crippen molar-refractivity contribution in [3.63, 3.8) is 0 Å². The van der Waals surface area contributed by atoms with Gasteiger partial charge in [-0.3, -0.25) is 9.59 Å². The Labute approximate surface area is 210 Å². The van der Waals surface area contributed by atoms with E-state index in [9.17, 15) is 9.59 Å². The maximum Gasteiger partial charge on any atom is 0.262 e. The molecule has 2 amide bonds. The van der Waals surface area contributed by atoms with E-state index in [1.54, 1.807) is 34.4 Å². The molecule has 1 atom stereocenters. The Balaban J connectivity index is 1.45. The van der Waals surface area contributed by atoms with Gasteiger partial charge < -0.3 is 19.3 Å². The highest BCUT2D eigenvalue weighted by Gasteiger charge is 2.39. The van der Waals surface area contributed by atoms with Crippen molar-refractivity contribution < 1.29 is 19.1 Å². The fraction of sp³-hybridized carbons (Fsp3) is 0.357. The molecule has 0 spiro atoms. The molecule has 1 aliphatic carbocycles. The van der Waals surface area contributed by atoms with Crippen molar-refractivity contribution in [3.05, 3.63) is 81.0 Å². The molecule has 182 valence electrons. The zero-order valence-electron chi connectivity index (χ0n) is 20.3. The lowest BCUT2D eigenvalue weighted by Gasteiger charge is -2.37. The van der Waals surface area contributed by atoms with Crippen LogP contribution in [0.1, 0.15) is 50.8 Å². The minimum Gasteiger partial charge on any atom is -0.496 e. The molecule has 7 heteroatoms. The van der Waals surface area contributed by atoms with Gasteiger partial charge in [0.15, 0.2) is 0 Å². The first-order chi connectivity index (χ1) is 17.0. The molecule has 35 heavy (non-hydrogen) atoms. The average Bonchev–Trinajstić information content (AvgIpc) is 3.61. The van der Waals surface area contributed by atoms with Gasteiger partial charge in [-0.15, -0.1) is 11.3 Å². The number of benzene rings is 2. The monoisotopic (exact) mass is 490 g/mol. The van der Waals surface area contributed by atoms with E-state index in [0.29, 0.717) is 23.6 Å². The van der Waals surface area contributed by atoms with E-state index in [1.807, 2.05) is 4.90 Å². The second-order valence-corrected chi connectivity index (χ2v) is 10.2. The third-order valence-corrected chi connectivity index (χ3v) is 7.87. The Morgan fingerprint density at radius 2 is 1.71 bits per heavy atom. The number of aryl methyl sites for hydroxylation is 1. The van der Waals surface area contributed by atoms with Crippen LogP contribution in [0.15, 0.2) is 53.9 Å². The number of amides is 2. The molecule has 1 aromatic heterocycles. The molecule has 0 saturated heterocycles. The summed E-state index contributed by atoms with van der Waals surface area (Å²) in [5, 5.41) is 2.10. The van der Waals surface area contributed by atoms with Gasteiger partial charge in [-0.2, -0.15) is 0 Å². The molecule has 1 aliphatic heterocycles. The van der Waals surface area contributed by atoms with E-state index in [2.05, 4.69) is 42.6 Å². The van der Waals surface area contributed by atoms with Gasteiger partial charge in [-0.1, -0.05) is 35.9 Å². The number of thiophene rings is 1. The van der Waals surface area contributed by atoms with Crippen LogP contribution in [-0.4, -0.2) is 55.0 Å². The van der Waals surface area contributed by atoms with Crippen LogP contribution in [0.5, 0.6) is 11.5 Å². The molecule has 2 aliphatic rings. The van der Waals surface area contributed by atoms with E-state index in [0.717, 1.165) is 24.8 Å². The van der Waals surface area contributed by atoms with Crippen molar-refractivity contribution in [2.45, 2.75) is 38.3 Å². The number of carbonyl (C=O) groups is 2. The average molecular weight is 491 g/mol. The quantitative estimate of drug-likeness (QED) is 0.475. The molecular formula is C28H30N2O4S. The van der Waals surface area contributed by atoms with Crippen LogP contribution in [0, 0.1) is 6.92 Å². The number of nitrogens with zero attached hydrogens (tertiary/aromatic N) is 2. The van der Waals surface area contributed by atoms with E-state index < -0.39 is 0 Å². The van der Waals surface area contributed by atoms with Crippen LogP contribution < -0.4 is 9.47 Å². The summed E-state index contributed by atoms with van der Waals surface area (Å²) in [6.45, 7) is 2.73. The van der Waals surface area contributed by atoms with Gasteiger partial charge >= 0.3 is 0 Å². The first-order valence-corrected chi connectivity index (χ1v) is 12.8. The maximum absolute atomic E-state index is 13.8. The summed E-state index contributed by atoms with van der Waals surface area (Å²) in [5.41, 5.74) is 3.84. The zero-order valence-corrected chi connectivity index (χ0v) is 21.1. The fourth-order valence-corrected chi connectivity index (χ4v) is 5.79. The van der Waals surface area contributed by atoms with E-state index in [4.69, 9.17) is 9.47 Å². The second-order valence-electron chi connectivity index (χ2n) is 9.15. The SMILES string of the molecule is COc1cccc(OC)c1C(=O)N(CC(=O)N1CCc2sccc2C1c1ccc(C)cc1)C1CC1. The highest BCUT2D eigenvalue weighted by atomic mass is 32.1. The molecule has 0 N–H and O–H groups in total. The van der Waals surface area contributed by atoms with Crippen LogP contribution >= 0.6 is 11.3 Å². The molecule has 1 fully saturated rings. The molecule has 1 unspecified atom stereocenters. The molecule has 0 bridgehead atoms. The Bertz CT molecular complexity index is 1210. The minimum absolute atomic E-state index is 0.0343. The third-order valence-electron chi connectivity index (χ3n) is 6.88. The van der Waals surface area contributed by atoms with Crippen LogP contribution in [0.4, 0.5) is 0 Å². The van der Waals surface area contributed by atoms with Crippen molar-refractivity contribution >= 4 is 23.2 Å². The number of fused-ring (bicyclic) bond motifs is 1. The lowest BCUT2D eigenvalue weighted by atomic mass is 9.92. The molecule has 2 aromatic carbocycles. The van der Waals surface area contributed by atoms with Gasteiger partial charge in [-0.25, -0.2) is 0 Å². The van der Waals surface area contributed by atoms with Gasteiger partial charge in [0.1, 0.15) is 23.6 Å². The molecule has 1 saturated carbocycles. The molecule has 3 aromatic rings. The van der Waals surface area contributed by atoms with Crippen molar-refractivity contribution in [3.8, 4) is 11.5 Å². The normalized spacial score (nSPS) is 17.0.